The van der Waals surface area contributed by atoms with Crippen LogP contribution in [0.5, 0.6) is 23.0 Å². The van der Waals surface area contributed by atoms with E-state index < -0.39 is 24.4 Å². The molecular formula is C27H22N2O7S. The van der Waals surface area contributed by atoms with E-state index in [1.54, 1.807) is 43.3 Å². The molecule has 0 spiro atoms. The number of carbonyl (C=O) groups is 3. The van der Waals surface area contributed by atoms with Gasteiger partial charge in [-0.15, -0.1) is 0 Å². The molecule has 1 heterocycles. The van der Waals surface area contributed by atoms with Crippen LogP contribution in [0.3, 0.4) is 0 Å². The molecule has 0 unspecified atom stereocenters. The second-order valence-electron chi connectivity index (χ2n) is 7.69. The van der Waals surface area contributed by atoms with Crippen molar-refractivity contribution in [1.82, 2.24) is 5.32 Å². The third-order valence-electron chi connectivity index (χ3n) is 5.11. The zero-order valence-corrected chi connectivity index (χ0v) is 20.5. The van der Waals surface area contributed by atoms with Crippen molar-refractivity contribution in [1.29, 1.82) is 0 Å². The van der Waals surface area contributed by atoms with Gasteiger partial charge < -0.3 is 19.3 Å². The van der Waals surface area contributed by atoms with Crippen LogP contribution in [0.2, 0.25) is 0 Å². The summed E-state index contributed by atoms with van der Waals surface area (Å²) in [7, 11) is 0. The van der Waals surface area contributed by atoms with Crippen LogP contribution in [0.1, 0.15) is 12.5 Å². The number of nitrogens with zero attached hydrogens (tertiary/aromatic N) is 1. The first-order valence-electron chi connectivity index (χ1n) is 11.2. The number of hydrogen-bond acceptors (Lipinski definition) is 7. The summed E-state index contributed by atoms with van der Waals surface area (Å²) in [6.07, 6.45) is 1.41. The second kappa shape index (κ2) is 11.4. The van der Waals surface area contributed by atoms with Gasteiger partial charge in [-0.3, -0.25) is 19.8 Å². The van der Waals surface area contributed by atoms with E-state index in [1.807, 2.05) is 30.3 Å². The zero-order valence-electron chi connectivity index (χ0n) is 19.7. The number of para-hydroxylation sites is 1. The summed E-state index contributed by atoms with van der Waals surface area (Å²) in [5, 5.41) is 11.4. The summed E-state index contributed by atoms with van der Waals surface area (Å²) >= 11 is 5.27. The molecule has 2 amide bonds. The third kappa shape index (κ3) is 6.11. The molecule has 1 saturated heterocycles. The lowest BCUT2D eigenvalue weighted by Gasteiger charge is -2.29. The van der Waals surface area contributed by atoms with E-state index in [1.165, 1.54) is 17.0 Å². The van der Waals surface area contributed by atoms with Gasteiger partial charge in [0.2, 0.25) is 0 Å². The SMILES string of the molecule is CCOc1cc(C=C2C(=O)NC(=S)N(c3ccc(Oc4ccccc4)cc3)C2=O)ccc1OCC(=O)O. The van der Waals surface area contributed by atoms with Crippen molar-refractivity contribution >= 4 is 46.9 Å². The summed E-state index contributed by atoms with van der Waals surface area (Å²) < 4.78 is 16.6. The molecule has 1 aliphatic heterocycles. The Kier molecular flexibility index (Phi) is 7.80. The minimum atomic E-state index is -1.13. The van der Waals surface area contributed by atoms with Crippen LogP contribution in [0.15, 0.2) is 78.4 Å². The van der Waals surface area contributed by atoms with Gasteiger partial charge in [0.15, 0.2) is 23.2 Å². The van der Waals surface area contributed by atoms with Gasteiger partial charge in [-0.25, -0.2) is 4.79 Å². The van der Waals surface area contributed by atoms with E-state index in [4.69, 9.17) is 31.5 Å². The molecule has 3 aromatic carbocycles. The number of nitrogens with one attached hydrogen (secondary N) is 1. The van der Waals surface area contributed by atoms with Gasteiger partial charge in [-0.1, -0.05) is 24.3 Å². The van der Waals surface area contributed by atoms with Crippen molar-refractivity contribution in [3.8, 4) is 23.0 Å². The number of carbonyl (C=O) groups excluding carboxylic acids is 2. The number of anilines is 1. The Morgan fingerprint density at radius 1 is 0.973 bits per heavy atom. The van der Waals surface area contributed by atoms with E-state index in [0.717, 1.165) is 0 Å². The molecule has 1 aliphatic rings. The Labute approximate surface area is 217 Å². The number of thiocarbonyl (C=S) groups is 1. The zero-order chi connectivity index (χ0) is 26.4. The first-order chi connectivity index (χ1) is 17.9. The van der Waals surface area contributed by atoms with Crippen molar-refractivity contribution in [2.75, 3.05) is 18.1 Å². The molecular weight excluding hydrogens is 496 g/mol. The van der Waals surface area contributed by atoms with E-state index in [-0.39, 0.29) is 22.2 Å². The molecule has 3 aromatic rings. The summed E-state index contributed by atoms with van der Waals surface area (Å²) in [6, 6.07) is 20.6. The van der Waals surface area contributed by atoms with E-state index in [0.29, 0.717) is 29.4 Å². The van der Waals surface area contributed by atoms with E-state index in [9.17, 15) is 14.4 Å². The maximum atomic E-state index is 13.3. The molecule has 188 valence electrons. The highest BCUT2D eigenvalue weighted by atomic mass is 32.1. The predicted molar refractivity (Wildman–Crippen MR) is 140 cm³/mol. The van der Waals surface area contributed by atoms with Crippen LogP contribution in [0.4, 0.5) is 5.69 Å². The van der Waals surface area contributed by atoms with Crippen LogP contribution >= 0.6 is 12.2 Å². The van der Waals surface area contributed by atoms with Gasteiger partial charge in [-0.2, -0.15) is 0 Å². The molecule has 0 saturated carbocycles. The van der Waals surface area contributed by atoms with Crippen LogP contribution in [0, 0.1) is 0 Å². The van der Waals surface area contributed by atoms with Crippen molar-refractivity contribution in [2.45, 2.75) is 6.92 Å². The lowest BCUT2D eigenvalue weighted by atomic mass is 10.1. The predicted octanol–water partition coefficient (Wildman–Crippen LogP) is 4.17. The lowest BCUT2D eigenvalue weighted by Crippen LogP contribution is -2.54. The van der Waals surface area contributed by atoms with Crippen LogP contribution in [-0.4, -0.2) is 41.2 Å². The molecule has 0 atom stereocenters. The Bertz CT molecular complexity index is 1370. The number of carboxylic acids is 1. The average molecular weight is 519 g/mol. The fourth-order valence-corrected chi connectivity index (χ4v) is 3.77. The quantitative estimate of drug-likeness (QED) is 0.246. The molecule has 9 nitrogen and oxygen atoms in total. The van der Waals surface area contributed by atoms with Crippen LogP contribution in [0.25, 0.3) is 6.08 Å². The molecule has 37 heavy (non-hydrogen) atoms. The van der Waals surface area contributed by atoms with E-state index >= 15 is 0 Å². The normalized spacial score (nSPS) is 14.4. The van der Waals surface area contributed by atoms with Crippen molar-refractivity contribution in [3.05, 3.63) is 83.9 Å². The van der Waals surface area contributed by atoms with Crippen molar-refractivity contribution in [2.24, 2.45) is 0 Å². The molecule has 2 N–H and O–H groups in total. The maximum Gasteiger partial charge on any atom is 0.341 e. The summed E-state index contributed by atoms with van der Waals surface area (Å²) in [4.78, 5) is 38.1. The molecule has 0 bridgehead atoms. The third-order valence-corrected chi connectivity index (χ3v) is 5.39. The average Bonchev–Trinajstić information content (AvgIpc) is 2.87. The van der Waals surface area contributed by atoms with Gasteiger partial charge >= 0.3 is 5.97 Å². The number of hydrogen-bond donors (Lipinski definition) is 2. The Hall–Kier alpha value is -4.70. The summed E-state index contributed by atoms with van der Waals surface area (Å²) in [6.45, 7) is 1.52. The summed E-state index contributed by atoms with van der Waals surface area (Å²) in [5.74, 6) is -0.626. The number of rotatable bonds is 9. The molecule has 0 radical (unpaired) electrons. The molecule has 0 aliphatic carbocycles. The first-order valence-corrected chi connectivity index (χ1v) is 11.6. The number of benzene rings is 3. The first kappa shape index (κ1) is 25.4. The largest absolute Gasteiger partial charge is 0.490 e. The molecule has 10 heteroatoms. The van der Waals surface area contributed by atoms with Crippen molar-refractivity contribution in [3.63, 3.8) is 0 Å². The number of carboxylic acid groups (broad SMARTS) is 1. The molecule has 0 aromatic heterocycles. The van der Waals surface area contributed by atoms with Crippen LogP contribution in [-0.2, 0) is 14.4 Å². The maximum absolute atomic E-state index is 13.3. The minimum absolute atomic E-state index is 0.0451. The number of aliphatic carboxylic acids is 1. The van der Waals surface area contributed by atoms with Crippen LogP contribution < -0.4 is 24.4 Å². The summed E-state index contributed by atoms with van der Waals surface area (Å²) in [5.41, 5.74) is 0.789. The fourth-order valence-electron chi connectivity index (χ4n) is 3.49. The van der Waals surface area contributed by atoms with Gasteiger partial charge in [0.25, 0.3) is 11.8 Å². The Morgan fingerprint density at radius 3 is 2.35 bits per heavy atom. The highest BCUT2D eigenvalue weighted by Gasteiger charge is 2.34. The topological polar surface area (TPSA) is 114 Å². The lowest BCUT2D eigenvalue weighted by molar-refractivity contribution is -0.139. The van der Waals surface area contributed by atoms with Gasteiger partial charge in [0.05, 0.1) is 12.3 Å². The number of amides is 2. The standard InChI is InChI=1S/C27H22N2O7S/c1-2-34-23-15-17(8-13-22(23)35-16-24(30)31)14-21-25(32)28-27(37)29(26(21)33)18-9-11-20(12-10-18)36-19-6-4-3-5-7-19/h3-15H,2,16H2,1H3,(H,30,31)(H,28,32,37). The minimum Gasteiger partial charge on any atom is -0.490 e. The molecule has 1 fully saturated rings. The van der Waals surface area contributed by atoms with Crippen molar-refractivity contribution < 1.29 is 33.7 Å². The monoisotopic (exact) mass is 518 g/mol. The van der Waals surface area contributed by atoms with Gasteiger partial charge in [-0.05, 0) is 79.3 Å². The molecule has 4 rings (SSSR count). The van der Waals surface area contributed by atoms with Gasteiger partial charge in [0.1, 0.15) is 17.1 Å². The van der Waals surface area contributed by atoms with Gasteiger partial charge in [0, 0.05) is 0 Å². The smallest absolute Gasteiger partial charge is 0.341 e. The Morgan fingerprint density at radius 2 is 1.68 bits per heavy atom. The second-order valence-corrected chi connectivity index (χ2v) is 8.08. The number of ether oxygens (including phenoxy) is 3. The Balaban J connectivity index is 1.58. The fraction of sp³-hybridized carbons (Fsp3) is 0.111. The highest BCUT2D eigenvalue weighted by Crippen LogP contribution is 2.31. The van der Waals surface area contributed by atoms with E-state index in [2.05, 4.69) is 5.32 Å². The highest BCUT2D eigenvalue weighted by molar-refractivity contribution is 7.80.